The first-order valence-corrected chi connectivity index (χ1v) is 11.5. The van der Waals surface area contributed by atoms with Gasteiger partial charge in [-0.3, -0.25) is 9.69 Å². The van der Waals surface area contributed by atoms with E-state index in [1.165, 1.54) is 6.42 Å². The summed E-state index contributed by atoms with van der Waals surface area (Å²) in [5.74, 6) is 1.30. The third-order valence-corrected chi connectivity index (χ3v) is 6.95. The van der Waals surface area contributed by atoms with E-state index in [9.17, 15) is 4.79 Å². The Morgan fingerprint density at radius 1 is 1.09 bits per heavy atom. The second kappa shape index (κ2) is 8.31. The smallest absolute Gasteiger partial charge is 0.262 e. The van der Waals surface area contributed by atoms with Crippen molar-refractivity contribution >= 4 is 11.9 Å². The largest absolute Gasteiger partial charge is 0.489 e. The SMILES string of the molecule is N#Cc1ccc(COc2cccc(C3(C4CC4)N=C(N)N(C4CCCCC4)C3=O)c2)cc1. The molecule has 0 saturated heterocycles. The first kappa shape index (κ1) is 20.6. The van der Waals surface area contributed by atoms with Gasteiger partial charge in [-0.25, -0.2) is 4.99 Å². The molecule has 2 saturated carbocycles. The van der Waals surface area contributed by atoms with Crippen LogP contribution >= 0.6 is 0 Å². The van der Waals surface area contributed by atoms with E-state index in [4.69, 9.17) is 20.7 Å². The molecule has 3 aliphatic rings. The summed E-state index contributed by atoms with van der Waals surface area (Å²) in [5.41, 5.74) is 7.92. The summed E-state index contributed by atoms with van der Waals surface area (Å²) in [6.07, 6.45) is 7.46. The Kier molecular flexibility index (Phi) is 5.34. The molecule has 2 aromatic carbocycles. The molecular weight excluding hydrogens is 400 g/mol. The predicted molar refractivity (Wildman–Crippen MR) is 122 cm³/mol. The Bertz CT molecular complexity index is 1080. The van der Waals surface area contributed by atoms with Crippen molar-refractivity contribution in [1.29, 1.82) is 5.26 Å². The molecule has 6 nitrogen and oxygen atoms in total. The van der Waals surface area contributed by atoms with E-state index < -0.39 is 5.54 Å². The molecule has 5 rings (SSSR count). The highest BCUT2D eigenvalue weighted by molar-refractivity contribution is 6.08. The van der Waals surface area contributed by atoms with Gasteiger partial charge in [-0.05, 0) is 67.0 Å². The van der Waals surface area contributed by atoms with Crippen LogP contribution in [-0.2, 0) is 16.9 Å². The number of rotatable bonds is 6. The number of amides is 1. The van der Waals surface area contributed by atoms with Crippen LogP contribution < -0.4 is 10.5 Å². The van der Waals surface area contributed by atoms with Gasteiger partial charge in [0.15, 0.2) is 11.5 Å². The van der Waals surface area contributed by atoms with Gasteiger partial charge >= 0.3 is 0 Å². The third-order valence-electron chi connectivity index (χ3n) is 6.95. The fourth-order valence-corrected chi connectivity index (χ4v) is 5.12. The van der Waals surface area contributed by atoms with Gasteiger partial charge in [0.25, 0.3) is 5.91 Å². The average Bonchev–Trinajstić information content (AvgIpc) is 3.64. The Morgan fingerprint density at radius 2 is 1.84 bits per heavy atom. The maximum Gasteiger partial charge on any atom is 0.262 e. The second-order valence-corrected chi connectivity index (χ2v) is 9.10. The molecule has 2 aliphatic carbocycles. The maximum absolute atomic E-state index is 13.8. The normalized spacial score (nSPS) is 23.7. The van der Waals surface area contributed by atoms with Crippen molar-refractivity contribution < 1.29 is 9.53 Å². The van der Waals surface area contributed by atoms with Crippen molar-refractivity contribution in [3.63, 3.8) is 0 Å². The first-order valence-electron chi connectivity index (χ1n) is 11.5. The van der Waals surface area contributed by atoms with Crippen LogP contribution in [0.3, 0.4) is 0 Å². The van der Waals surface area contributed by atoms with Crippen molar-refractivity contribution in [3.8, 4) is 11.8 Å². The summed E-state index contributed by atoms with van der Waals surface area (Å²) in [6, 6.07) is 17.4. The number of carbonyl (C=O) groups is 1. The van der Waals surface area contributed by atoms with Crippen LogP contribution in [0.5, 0.6) is 5.75 Å². The number of carbonyl (C=O) groups excluding carboxylic acids is 1. The van der Waals surface area contributed by atoms with Crippen molar-refractivity contribution in [3.05, 3.63) is 65.2 Å². The summed E-state index contributed by atoms with van der Waals surface area (Å²) in [7, 11) is 0. The average molecular weight is 429 g/mol. The Balaban J connectivity index is 1.40. The molecule has 32 heavy (non-hydrogen) atoms. The molecule has 6 heteroatoms. The van der Waals surface area contributed by atoms with Gasteiger partial charge < -0.3 is 10.5 Å². The molecule has 0 aromatic heterocycles. The lowest BCUT2D eigenvalue weighted by Crippen LogP contribution is -2.49. The Morgan fingerprint density at radius 3 is 2.53 bits per heavy atom. The number of benzene rings is 2. The minimum Gasteiger partial charge on any atom is -0.489 e. The summed E-state index contributed by atoms with van der Waals surface area (Å²) >= 11 is 0. The minimum absolute atomic E-state index is 0.0358. The van der Waals surface area contributed by atoms with E-state index in [1.54, 1.807) is 17.0 Å². The highest BCUT2D eigenvalue weighted by Crippen LogP contribution is 2.52. The van der Waals surface area contributed by atoms with Crippen LogP contribution in [0.2, 0.25) is 0 Å². The Hall–Kier alpha value is -3.33. The number of nitrogens with zero attached hydrogens (tertiary/aromatic N) is 3. The number of nitrogens with two attached hydrogens (primary N) is 1. The zero-order chi connectivity index (χ0) is 22.1. The molecule has 1 aliphatic heterocycles. The monoisotopic (exact) mass is 428 g/mol. The van der Waals surface area contributed by atoms with Gasteiger partial charge in [0.1, 0.15) is 12.4 Å². The van der Waals surface area contributed by atoms with Crippen molar-refractivity contribution in [1.82, 2.24) is 4.90 Å². The zero-order valence-electron chi connectivity index (χ0n) is 18.2. The van der Waals surface area contributed by atoms with Gasteiger partial charge in [-0.1, -0.05) is 43.5 Å². The maximum atomic E-state index is 13.8. The second-order valence-electron chi connectivity index (χ2n) is 9.10. The fraction of sp³-hybridized carbons (Fsp3) is 0.423. The standard InChI is InChI=1S/C26H28N4O2/c27-16-18-9-11-19(12-10-18)17-32-23-8-4-5-21(15-23)26(20-13-14-20)24(31)30(25(28)29-26)22-6-2-1-3-7-22/h4-5,8-12,15,20,22H,1-3,6-7,13-14,17H2,(H2,28,29). The molecule has 1 unspecified atom stereocenters. The van der Waals surface area contributed by atoms with E-state index >= 15 is 0 Å². The number of hydrogen-bond acceptors (Lipinski definition) is 5. The summed E-state index contributed by atoms with van der Waals surface area (Å²) in [6.45, 7) is 0.388. The molecule has 1 atom stereocenters. The topological polar surface area (TPSA) is 91.7 Å². The zero-order valence-corrected chi connectivity index (χ0v) is 18.2. The number of nitriles is 1. The quantitative estimate of drug-likeness (QED) is 0.745. The van der Waals surface area contributed by atoms with Crippen LogP contribution in [0.4, 0.5) is 0 Å². The number of aliphatic imine (C=N–C) groups is 1. The van der Waals surface area contributed by atoms with Gasteiger partial charge in [0.2, 0.25) is 0 Å². The molecular formula is C26H28N4O2. The first-order chi connectivity index (χ1) is 15.6. The third kappa shape index (κ3) is 3.62. The van der Waals surface area contributed by atoms with Crippen LogP contribution in [0.25, 0.3) is 0 Å². The van der Waals surface area contributed by atoms with E-state index in [0.29, 0.717) is 23.9 Å². The lowest BCUT2D eigenvalue weighted by Gasteiger charge is -2.33. The number of ether oxygens (including phenoxy) is 1. The van der Waals surface area contributed by atoms with Crippen molar-refractivity contribution in [2.45, 2.75) is 63.1 Å². The minimum atomic E-state index is -0.921. The molecule has 0 radical (unpaired) electrons. The Labute approximate surface area is 188 Å². The molecule has 1 heterocycles. The highest BCUT2D eigenvalue weighted by atomic mass is 16.5. The lowest BCUT2D eigenvalue weighted by atomic mass is 9.84. The molecule has 0 bridgehead atoms. The van der Waals surface area contributed by atoms with Crippen LogP contribution in [0.1, 0.15) is 61.6 Å². The fourth-order valence-electron chi connectivity index (χ4n) is 5.12. The lowest BCUT2D eigenvalue weighted by molar-refractivity contribution is -0.134. The highest BCUT2D eigenvalue weighted by Gasteiger charge is 2.59. The van der Waals surface area contributed by atoms with Gasteiger partial charge in [0.05, 0.1) is 11.6 Å². The summed E-state index contributed by atoms with van der Waals surface area (Å²) in [4.78, 5) is 20.5. The summed E-state index contributed by atoms with van der Waals surface area (Å²) in [5, 5.41) is 8.96. The number of guanidine groups is 1. The van der Waals surface area contributed by atoms with Crippen LogP contribution in [0.15, 0.2) is 53.5 Å². The van der Waals surface area contributed by atoms with Crippen LogP contribution in [0, 0.1) is 17.2 Å². The van der Waals surface area contributed by atoms with E-state index in [2.05, 4.69) is 6.07 Å². The molecule has 2 fully saturated rings. The van der Waals surface area contributed by atoms with Crippen molar-refractivity contribution in [2.75, 3.05) is 0 Å². The van der Waals surface area contributed by atoms with E-state index in [0.717, 1.165) is 49.7 Å². The van der Waals surface area contributed by atoms with E-state index in [1.807, 2.05) is 36.4 Å². The molecule has 1 amide bonds. The molecule has 164 valence electrons. The molecule has 0 spiro atoms. The van der Waals surface area contributed by atoms with Crippen LogP contribution in [-0.4, -0.2) is 22.8 Å². The van der Waals surface area contributed by atoms with Gasteiger partial charge in [0, 0.05) is 6.04 Å². The van der Waals surface area contributed by atoms with Gasteiger partial charge in [-0.2, -0.15) is 5.26 Å². The van der Waals surface area contributed by atoms with Gasteiger partial charge in [-0.15, -0.1) is 0 Å². The molecule has 2 aromatic rings. The summed E-state index contributed by atoms with van der Waals surface area (Å²) < 4.78 is 6.03. The predicted octanol–water partition coefficient (Wildman–Crippen LogP) is 4.23. The number of hydrogen-bond donors (Lipinski definition) is 1. The van der Waals surface area contributed by atoms with Crippen molar-refractivity contribution in [2.24, 2.45) is 16.6 Å². The molecule has 2 N–H and O–H groups in total. The van der Waals surface area contributed by atoms with E-state index in [-0.39, 0.29) is 17.9 Å².